The standard InChI is InChI=1S/C17H23N3OS/c1-11-4-7-14(8-5-11)10-15-13(3)19-17(22-15)20-16(21)9-6-12(2)18/h4-5,7-8,12H,6,9-10,18H2,1-3H3,(H,19,20,21). The van der Waals surface area contributed by atoms with Crippen molar-refractivity contribution < 1.29 is 4.79 Å². The summed E-state index contributed by atoms with van der Waals surface area (Å²) in [7, 11) is 0. The molecule has 3 N–H and O–H groups in total. The van der Waals surface area contributed by atoms with Gasteiger partial charge in [0.05, 0.1) is 5.69 Å². The molecule has 0 spiro atoms. The van der Waals surface area contributed by atoms with E-state index in [4.69, 9.17) is 5.73 Å². The Morgan fingerprint density at radius 1 is 1.32 bits per heavy atom. The molecule has 1 heterocycles. The number of nitrogens with zero attached hydrogens (tertiary/aromatic N) is 1. The third-order valence-electron chi connectivity index (χ3n) is 3.45. The van der Waals surface area contributed by atoms with Crippen molar-refractivity contribution >= 4 is 22.4 Å². The first-order valence-electron chi connectivity index (χ1n) is 7.51. The van der Waals surface area contributed by atoms with Gasteiger partial charge < -0.3 is 11.1 Å². The van der Waals surface area contributed by atoms with Crippen LogP contribution in [0.25, 0.3) is 0 Å². The van der Waals surface area contributed by atoms with Crippen LogP contribution in [0.3, 0.4) is 0 Å². The molecule has 0 bridgehead atoms. The molecular formula is C17H23N3OS. The Bertz CT molecular complexity index is 632. The third-order valence-corrected chi connectivity index (χ3v) is 4.52. The summed E-state index contributed by atoms with van der Waals surface area (Å²) >= 11 is 1.55. The predicted molar refractivity (Wildman–Crippen MR) is 92.3 cm³/mol. The summed E-state index contributed by atoms with van der Waals surface area (Å²) in [6, 6.07) is 8.54. The second-order valence-corrected chi connectivity index (χ2v) is 6.84. The minimum absolute atomic E-state index is 0.0204. The summed E-state index contributed by atoms with van der Waals surface area (Å²) in [5, 5.41) is 3.54. The van der Waals surface area contributed by atoms with Crippen molar-refractivity contribution in [3.8, 4) is 0 Å². The maximum atomic E-state index is 11.8. The Morgan fingerprint density at radius 2 is 2.00 bits per heavy atom. The van der Waals surface area contributed by atoms with Gasteiger partial charge in [0.1, 0.15) is 0 Å². The summed E-state index contributed by atoms with van der Waals surface area (Å²) in [6.07, 6.45) is 1.97. The van der Waals surface area contributed by atoms with Crippen molar-refractivity contribution in [3.05, 3.63) is 46.0 Å². The number of carbonyl (C=O) groups excluding carboxylic acids is 1. The maximum absolute atomic E-state index is 11.8. The number of aryl methyl sites for hydroxylation is 2. The first-order chi connectivity index (χ1) is 10.4. The fourth-order valence-electron chi connectivity index (χ4n) is 2.08. The first kappa shape index (κ1) is 16.6. The second-order valence-electron chi connectivity index (χ2n) is 5.75. The SMILES string of the molecule is Cc1ccc(Cc2sc(NC(=O)CCC(C)N)nc2C)cc1. The molecule has 0 saturated carbocycles. The molecule has 1 amide bonds. The van der Waals surface area contributed by atoms with Crippen molar-refractivity contribution in [3.63, 3.8) is 0 Å². The van der Waals surface area contributed by atoms with Gasteiger partial charge in [0.15, 0.2) is 5.13 Å². The molecule has 1 atom stereocenters. The van der Waals surface area contributed by atoms with E-state index in [0.29, 0.717) is 18.0 Å². The van der Waals surface area contributed by atoms with Crippen molar-refractivity contribution in [2.45, 2.75) is 46.1 Å². The normalized spacial score (nSPS) is 12.2. The van der Waals surface area contributed by atoms with E-state index < -0.39 is 0 Å². The highest BCUT2D eigenvalue weighted by Gasteiger charge is 2.11. The topological polar surface area (TPSA) is 68.0 Å². The molecular weight excluding hydrogens is 294 g/mol. The number of carbonyl (C=O) groups is 1. The third kappa shape index (κ3) is 4.93. The molecule has 0 aliphatic heterocycles. The Labute approximate surface area is 135 Å². The van der Waals surface area contributed by atoms with Crippen LogP contribution in [0.5, 0.6) is 0 Å². The number of thiazole rings is 1. The van der Waals surface area contributed by atoms with E-state index in [9.17, 15) is 4.79 Å². The second kappa shape index (κ2) is 7.51. The molecule has 0 aliphatic carbocycles. The molecule has 4 nitrogen and oxygen atoms in total. The number of aromatic nitrogens is 1. The quantitative estimate of drug-likeness (QED) is 0.858. The predicted octanol–water partition coefficient (Wildman–Crippen LogP) is 3.42. The van der Waals surface area contributed by atoms with Crippen LogP contribution in [0.2, 0.25) is 0 Å². The lowest BCUT2D eigenvalue weighted by molar-refractivity contribution is -0.116. The number of rotatable bonds is 6. The summed E-state index contributed by atoms with van der Waals surface area (Å²) in [5.74, 6) is -0.0204. The van der Waals surface area contributed by atoms with Gasteiger partial charge in [-0.2, -0.15) is 0 Å². The molecule has 5 heteroatoms. The van der Waals surface area contributed by atoms with Crippen LogP contribution in [0.15, 0.2) is 24.3 Å². The number of nitrogens with one attached hydrogen (secondary N) is 1. The summed E-state index contributed by atoms with van der Waals surface area (Å²) < 4.78 is 0. The van der Waals surface area contributed by atoms with Gasteiger partial charge in [-0.15, -0.1) is 11.3 Å². The van der Waals surface area contributed by atoms with Crippen LogP contribution in [0.1, 0.15) is 41.5 Å². The van der Waals surface area contributed by atoms with Gasteiger partial charge in [0.25, 0.3) is 0 Å². The Morgan fingerprint density at radius 3 is 2.64 bits per heavy atom. The highest BCUT2D eigenvalue weighted by Crippen LogP contribution is 2.25. The van der Waals surface area contributed by atoms with Gasteiger partial charge in [-0.25, -0.2) is 4.98 Å². The van der Waals surface area contributed by atoms with Crippen molar-refractivity contribution in [2.75, 3.05) is 5.32 Å². The maximum Gasteiger partial charge on any atom is 0.226 e. The molecule has 118 valence electrons. The molecule has 2 aromatic rings. The fourth-order valence-corrected chi connectivity index (χ4v) is 3.09. The zero-order valence-electron chi connectivity index (χ0n) is 13.3. The number of benzene rings is 1. The van der Waals surface area contributed by atoms with E-state index in [1.807, 2.05) is 13.8 Å². The minimum atomic E-state index is -0.0204. The van der Waals surface area contributed by atoms with E-state index in [-0.39, 0.29) is 11.9 Å². The van der Waals surface area contributed by atoms with Gasteiger partial charge in [0.2, 0.25) is 5.91 Å². The van der Waals surface area contributed by atoms with Gasteiger partial charge in [-0.05, 0) is 32.8 Å². The lowest BCUT2D eigenvalue weighted by Gasteiger charge is -2.04. The lowest BCUT2D eigenvalue weighted by Crippen LogP contribution is -2.19. The van der Waals surface area contributed by atoms with Crippen LogP contribution >= 0.6 is 11.3 Å². The molecule has 2 rings (SSSR count). The van der Waals surface area contributed by atoms with Gasteiger partial charge in [-0.1, -0.05) is 29.8 Å². The molecule has 0 fully saturated rings. The summed E-state index contributed by atoms with van der Waals surface area (Å²) in [6.45, 7) is 5.97. The van der Waals surface area contributed by atoms with Crippen LogP contribution in [-0.4, -0.2) is 16.9 Å². The van der Waals surface area contributed by atoms with Crippen molar-refractivity contribution in [2.24, 2.45) is 5.73 Å². The minimum Gasteiger partial charge on any atom is -0.328 e. The van der Waals surface area contributed by atoms with Crippen LogP contribution in [0.4, 0.5) is 5.13 Å². The number of hydrogen-bond acceptors (Lipinski definition) is 4. The molecule has 0 saturated heterocycles. The summed E-state index contributed by atoms with van der Waals surface area (Å²) in [5.41, 5.74) is 9.16. The first-order valence-corrected chi connectivity index (χ1v) is 8.33. The van der Waals surface area contributed by atoms with E-state index >= 15 is 0 Å². The van der Waals surface area contributed by atoms with Crippen LogP contribution in [-0.2, 0) is 11.2 Å². The van der Waals surface area contributed by atoms with Gasteiger partial charge in [0, 0.05) is 23.8 Å². The smallest absolute Gasteiger partial charge is 0.226 e. The summed E-state index contributed by atoms with van der Waals surface area (Å²) in [4.78, 5) is 17.5. The molecule has 1 aromatic carbocycles. The van der Waals surface area contributed by atoms with Crippen molar-refractivity contribution in [1.29, 1.82) is 0 Å². The van der Waals surface area contributed by atoms with Crippen LogP contribution < -0.4 is 11.1 Å². The molecule has 22 heavy (non-hydrogen) atoms. The van der Waals surface area contributed by atoms with E-state index in [1.54, 1.807) is 11.3 Å². The lowest BCUT2D eigenvalue weighted by atomic mass is 10.1. The highest BCUT2D eigenvalue weighted by molar-refractivity contribution is 7.15. The Kier molecular flexibility index (Phi) is 5.69. The van der Waals surface area contributed by atoms with Crippen molar-refractivity contribution in [1.82, 2.24) is 4.98 Å². The fraction of sp³-hybridized carbons (Fsp3) is 0.412. The Balaban J connectivity index is 1.98. The molecule has 0 aliphatic rings. The Hall–Kier alpha value is -1.72. The highest BCUT2D eigenvalue weighted by atomic mass is 32.1. The number of hydrogen-bond donors (Lipinski definition) is 2. The number of anilines is 1. The zero-order valence-corrected chi connectivity index (χ0v) is 14.2. The monoisotopic (exact) mass is 317 g/mol. The molecule has 1 aromatic heterocycles. The van der Waals surface area contributed by atoms with Gasteiger partial charge in [-0.3, -0.25) is 4.79 Å². The number of amides is 1. The van der Waals surface area contributed by atoms with E-state index in [1.165, 1.54) is 16.0 Å². The molecule has 1 unspecified atom stereocenters. The largest absolute Gasteiger partial charge is 0.328 e. The zero-order chi connectivity index (χ0) is 16.1. The number of nitrogens with two attached hydrogens (primary N) is 1. The van der Waals surface area contributed by atoms with E-state index in [2.05, 4.69) is 41.5 Å². The average Bonchev–Trinajstić information content (AvgIpc) is 2.79. The van der Waals surface area contributed by atoms with E-state index in [0.717, 1.165) is 12.1 Å². The average molecular weight is 317 g/mol. The van der Waals surface area contributed by atoms with Gasteiger partial charge >= 0.3 is 0 Å². The van der Waals surface area contributed by atoms with Crippen LogP contribution in [0, 0.1) is 13.8 Å². The molecule has 0 radical (unpaired) electrons.